The first-order chi connectivity index (χ1) is 12.3. The molecular weight excluding hydrogens is 332 g/mol. The van der Waals surface area contributed by atoms with Gasteiger partial charge in [0.25, 0.3) is 5.22 Å². The average Bonchev–Trinajstić information content (AvgIpc) is 3.09. The number of carbonyl (C=O) groups is 1. The zero-order chi connectivity index (χ0) is 17.1. The first-order valence-corrected chi connectivity index (χ1v) is 9.55. The van der Waals surface area contributed by atoms with Crippen molar-refractivity contribution >= 4 is 28.8 Å². The minimum Gasteiger partial charge on any atom is -0.431 e. The Kier molecular flexibility index (Phi) is 4.74. The maximum atomic E-state index is 13.2. The molecule has 3 aromatic rings. The number of fused-ring (bicyclic) bond motifs is 1. The van der Waals surface area contributed by atoms with Gasteiger partial charge in [0.15, 0.2) is 5.58 Å². The van der Waals surface area contributed by atoms with Crippen molar-refractivity contribution in [3.8, 4) is 0 Å². The molecule has 5 heteroatoms. The van der Waals surface area contributed by atoms with E-state index in [1.54, 1.807) is 0 Å². The van der Waals surface area contributed by atoms with Gasteiger partial charge in [0, 0.05) is 13.1 Å². The molecule has 1 saturated heterocycles. The van der Waals surface area contributed by atoms with E-state index in [1.165, 1.54) is 18.2 Å². The largest absolute Gasteiger partial charge is 0.431 e. The number of aromatic nitrogens is 1. The Morgan fingerprint density at radius 2 is 1.72 bits per heavy atom. The van der Waals surface area contributed by atoms with Crippen molar-refractivity contribution in [2.45, 2.75) is 29.7 Å². The molecule has 0 unspecified atom stereocenters. The monoisotopic (exact) mass is 352 g/mol. The number of amides is 1. The molecule has 0 bridgehead atoms. The molecule has 0 saturated carbocycles. The summed E-state index contributed by atoms with van der Waals surface area (Å²) in [7, 11) is 0. The quantitative estimate of drug-likeness (QED) is 0.640. The summed E-state index contributed by atoms with van der Waals surface area (Å²) in [5, 5.41) is 0.216. The van der Waals surface area contributed by atoms with E-state index in [4.69, 9.17) is 4.42 Å². The molecule has 1 aliphatic heterocycles. The van der Waals surface area contributed by atoms with E-state index in [2.05, 4.69) is 4.98 Å². The third kappa shape index (κ3) is 3.56. The van der Waals surface area contributed by atoms with Crippen LogP contribution in [0.5, 0.6) is 0 Å². The number of para-hydroxylation sites is 2. The van der Waals surface area contributed by atoms with Gasteiger partial charge in [0.2, 0.25) is 5.91 Å². The summed E-state index contributed by atoms with van der Waals surface area (Å²) in [4.78, 5) is 19.7. The molecule has 1 aliphatic rings. The third-order valence-electron chi connectivity index (χ3n) is 4.49. The van der Waals surface area contributed by atoms with Crippen molar-refractivity contribution in [2.24, 2.45) is 0 Å². The van der Waals surface area contributed by atoms with E-state index >= 15 is 0 Å². The van der Waals surface area contributed by atoms with Gasteiger partial charge in [-0.1, -0.05) is 42.5 Å². The average molecular weight is 352 g/mol. The molecule has 0 radical (unpaired) electrons. The Bertz CT molecular complexity index is 823. The molecule has 1 fully saturated rings. The topological polar surface area (TPSA) is 46.3 Å². The first kappa shape index (κ1) is 16.2. The van der Waals surface area contributed by atoms with Crippen LogP contribution in [0.2, 0.25) is 0 Å². The number of benzene rings is 2. The van der Waals surface area contributed by atoms with Crippen molar-refractivity contribution in [1.82, 2.24) is 9.88 Å². The molecule has 0 spiro atoms. The SMILES string of the molecule is O=C([C@@H](Sc1nc2ccccc2o1)c1ccccc1)N1CCCCC1. The highest BCUT2D eigenvalue weighted by Crippen LogP contribution is 2.38. The summed E-state index contributed by atoms with van der Waals surface area (Å²) in [6, 6.07) is 17.6. The molecule has 1 amide bonds. The van der Waals surface area contributed by atoms with Gasteiger partial charge in [-0.15, -0.1) is 0 Å². The second-order valence-electron chi connectivity index (χ2n) is 6.24. The second kappa shape index (κ2) is 7.31. The number of thioether (sulfide) groups is 1. The van der Waals surface area contributed by atoms with E-state index < -0.39 is 0 Å². The summed E-state index contributed by atoms with van der Waals surface area (Å²) >= 11 is 1.40. The van der Waals surface area contributed by atoms with Crippen LogP contribution < -0.4 is 0 Å². The Labute approximate surface area is 151 Å². The molecule has 1 aromatic heterocycles. The lowest BCUT2D eigenvalue weighted by molar-refractivity contribution is -0.131. The molecule has 1 atom stereocenters. The minimum atomic E-state index is -0.327. The predicted octanol–water partition coefficient (Wildman–Crippen LogP) is 4.67. The van der Waals surface area contributed by atoms with E-state index in [9.17, 15) is 4.79 Å². The summed E-state index contributed by atoms with van der Waals surface area (Å²) in [5.74, 6) is 0.151. The van der Waals surface area contributed by atoms with Crippen molar-refractivity contribution < 1.29 is 9.21 Å². The number of carbonyl (C=O) groups excluding carboxylic acids is 1. The number of oxazole rings is 1. The van der Waals surface area contributed by atoms with Crippen LogP contribution in [-0.4, -0.2) is 28.9 Å². The number of rotatable bonds is 4. The van der Waals surface area contributed by atoms with Gasteiger partial charge in [-0.05, 0) is 48.7 Å². The van der Waals surface area contributed by atoms with Gasteiger partial charge in [-0.2, -0.15) is 0 Å². The summed E-state index contributed by atoms with van der Waals surface area (Å²) in [6.07, 6.45) is 3.37. The molecule has 128 valence electrons. The van der Waals surface area contributed by atoms with Gasteiger partial charge in [-0.25, -0.2) is 4.98 Å². The molecule has 0 N–H and O–H groups in total. The van der Waals surface area contributed by atoms with Crippen LogP contribution >= 0.6 is 11.8 Å². The Morgan fingerprint density at radius 1 is 1.00 bits per heavy atom. The van der Waals surface area contributed by atoms with Crippen molar-refractivity contribution in [3.63, 3.8) is 0 Å². The van der Waals surface area contributed by atoms with Gasteiger partial charge < -0.3 is 9.32 Å². The van der Waals surface area contributed by atoms with Crippen molar-refractivity contribution in [2.75, 3.05) is 13.1 Å². The predicted molar refractivity (Wildman–Crippen MR) is 99.5 cm³/mol. The van der Waals surface area contributed by atoms with Gasteiger partial charge in [0.05, 0.1) is 0 Å². The second-order valence-corrected chi connectivity index (χ2v) is 7.30. The molecule has 2 heterocycles. The van der Waals surface area contributed by atoms with Crippen LogP contribution in [0.1, 0.15) is 30.1 Å². The molecule has 25 heavy (non-hydrogen) atoms. The zero-order valence-corrected chi connectivity index (χ0v) is 14.7. The smallest absolute Gasteiger partial charge is 0.257 e. The fourth-order valence-corrected chi connectivity index (χ4v) is 4.20. The molecule has 4 nitrogen and oxygen atoms in total. The lowest BCUT2D eigenvalue weighted by Crippen LogP contribution is -2.38. The highest BCUT2D eigenvalue weighted by Gasteiger charge is 2.29. The minimum absolute atomic E-state index is 0.151. The lowest BCUT2D eigenvalue weighted by atomic mass is 10.1. The maximum Gasteiger partial charge on any atom is 0.257 e. The number of hydrogen-bond acceptors (Lipinski definition) is 4. The van der Waals surface area contributed by atoms with Gasteiger partial charge in [0.1, 0.15) is 10.8 Å². The normalized spacial score (nSPS) is 16.1. The van der Waals surface area contributed by atoms with Gasteiger partial charge >= 0.3 is 0 Å². The van der Waals surface area contributed by atoms with E-state index in [1.807, 2.05) is 59.5 Å². The standard InChI is InChI=1S/C20H20N2O2S/c23-19(22-13-7-2-8-14-22)18(15-9-3-1-4-10-15)25-20-21-16-11-5-6-12-17(16)24-20/h1,3-6,9-12,18H,2,7-8,13-14H2/t18-/m0/s1. The highest BCUT2D eigenvalue weighted by atomic mass is 32.2. The molecule has 0 aliphatic carbocycles. The van der Waals surface area contributed by atoms with Crippen LogP contribution in [0.3, 0.4) is 0 Å². The maximum absolute atomic E-state index is 13.2. The number of hydrogen-bond donors (Lipinski definition) is 0. The zero-order valence-electron chi connectivity index (χ0n) is 13.9. The van der Waals surface area contributed by atoms with Crippen molar-refractivity contribution in [3.05, 3.63) is 60.2 Å². The summed E-state index contributed by atoms with van der Waals surface area (Å²) in [6.45, 7) is 1.69. The fraction of sp³-hybridized carbons (Fsp3) is 0.300. The first-order valence-electron chi connectivity index (χ1n) is 8.67. The van der Waals surface area contributed by atoms with Crippen LogP contribution in [0, 0.1) is 0 Å². The Morgan fingerprint density at radius 3 is 2.48 bits per heavy atom. The molecule has 2 aromatic carbocycles. The van der Waals surface area contributed by atoms with Crippen LogP contribution in [0.25, 0.3) is 11.1 Å². The van der Waals surface area contributed by atoms with Crippen LogP contribution in [0.15, 0.2) is 64.2 Å². The van der Waals surface area contributed by atoms with E-state index in [-0.39, 0.29) is 11.2 Å². The highest BCUT2D eigenvalue weighted by molar-refractivity contribution is 8.00. The fourth-order valence-electron chi connectivity index (χ4n) is 3.17. The summed E-state index contributed by atoms with van der Waals surface area (Å²) < 4.78 is 5.84. The Hall–Kier alpha value is -2.27. The number of likely N-dealkylation sites (tertiary alicyclic amines) is 1. The molecule has 4 rings (SSSR count). The number of piperidine rings is 1. The van der Waals surface area contributed by atoms with Crippen LogP contribution in [0.4, 0.5) is 0 Å². The van der Waals surface area contributed by atoms with Gasteiger partial charge in [-0.3, -0.25) is 4.79 Å². The number of nitrogens with zero attached hydrogens (tertiary/aromatic N) is 2. The Balaban J connectivity index is 1.63. The lowest BCUT2D eigenvalue weighted by Gasteiger charge is -2.30. The summed E-state index contributed by atoms with van der Waals surface area (Å²) in [5.41, 5.74) is 2.56. The third-order valence-corrected chi connectivity index (χ3v) is 5.57. The van der Waals surface area contributed by atoms with E-state index in [0.29, 0.717) is 5.22 Å². The van der Waals surface area contributed by atoms with Crippen molar-refractivity contribution in [1.29, 1.82) is 0 Å². The van der Waals surface area contributed by atoms with Crippen LogP contribution in [-0.2, 0) is 4.79 Å². The molecular formula is C20H20N2O2S. The van der Waals surface area contributed by atoms with E-state index in [0.717, 1.165) is 42.6 Å².